The molecule has 0 amide bonds. The lowest BCUT2D eigenvalue weighted by molar-refractivity contribution is -0.277. The van der Waals surface area contributed by atoms with E-state index in [1.54, 1.807) is 25.3 Å². The van der Waals surface area contributed by atoms with Gasteiger partial charge >= 0.3 is 0 Å². The number of nitrogens with two attached hydrogens (primary N) is 1. The Morgan fingerprint density at radius 3 is 2.31 bits per heavy atom. The summed E-state index contributed by atoms with van der Waals surface area (Å²) in [6.07, 6.45) is -5.02. The maximum Gasteiger partial charge on any atom is 0.229 e. The van der Waals surface area contributed by atoms with Crippen LogP contribution in [0, 0.1) is 0 Å². The standard InChI is InChI=1S/C30H32N2O10/c1-3-15-18(40-2)10-19(41-30-29(39)28(38)26(36)20(12-33)42-30)24-23(15)25(35)16-8-14(9-17(34)22(16)27(24)37)5-4-13-6-7-21(31)32-11-13/h6-11,20,26,28-30,33-34,36,38-39H,3-5,12H2,1-2H3,(H2,31,32). The van der Waals surface area contributed by atoms with Crippen molar-refractivity contribution in [3.05, 3.63) is 75.5 Å². The zero-order valence-corrected chi connectivity index (χ0v) is 23.0. The topological polar surface area (TPSA) is 202 Å². The van der Waals surface area contributed by atoms with Crippen molar-refractivity contribution in [1.29, 1.82) is 0 Å². The molecule has 0 spiro atoms. The van der Waals surface area contributed by atoms with Crippen LogP contribution in [0.5, 0.6) is 17.2 Å². The average Bonchev–Trinajstić information content (AvgIpc) is 2.98. The van der Waals surface area contributed by atoms with E-state index in [1.165, 1.54) is 19.2 Å². The number of ether oxygens (including phenoxy) is 3. The van der Waals surface area contributed by atoms with Gasteiger partial charge in [-0.05, 0) is 48.6 Å². The van der Waals surface area contributed by atoms with Crippen molar-refractivity contribution >= 4 is 17.4 Å². The Balaban J connectivity index is 1.56. The average molecular weight is 581 g/mol. The summed E-state index contributed by atoms with van der Waals surface area (Å²) in [5, 5.41) is 51.4. The first kappa shape index (κ1) is 29.4. The lowest BCUT2D eigenvalue weighted by atomic mass is 9.79. The molecule has 12 heteroatoms. The molecule has 0 saturated carbocycles. The van der Waals surface area contributed by atoms with Crippen molar-refractivity contribution in [3.8, 4) is 17.2 Å². The third-order valence-electron chi connectivity index (χ3n) is 7.68. The van der Waals surface area contributed by atoms with E-state index < -0.39 is 48.9 Å². The molecule has 5 atom stereocenters. The number of aliphatic hydroxyl groups excluding tert-OH is 4. The Labute approximate surface area is 240 Å². The number of benzene rings is 2. The van der Waals surface area contributed by atoms with Gasteiger partial charge in [0.25, 0.3) is 0 Å². The third kappa shape index (κ3) is 5.08. The summed E-state index contributed by atoms with van der Waals surface area (Å²) in [6.45, 7) is 1.11. The van der Waals surface area contributed by atoms with E-state index in [1.807, 2.05) is 6.07 Å². The number of anilines is 1. The van der Waals surface area contributed by atoms with Gasteiger partial charge in [0.2, 0.25) is 12.1 Å². The molecule has 0 radical (unpaired) electrons. The lowest BCUT2D eigenvalue weighted by Gasteiger charge is -2.40. The first-order valence-corrected chi connectivity index (χ1v) is 13.5. The number of rotatable bonds is 8. The van der Waals surface area contributed by atoms with Gasteiger partial charge < -0.3 is 45.5 Å². The number of methoxy groups -OCH3 is 1. The highest BCUT2D eigenvalue weighted by atomic mass is 16.7. The zero-order chi connectivity index (χ0) is 30.3. The fraction of sp³-hybridized carbons (Fsp3) is 0.367. The summed E-state index contributed by atoms with van der Waals surface area (Å²) in [5.41, 5.74) is 7.31. The minimum atomic E-state index is -1.76. The molecule has 7 N–H and O–H groups in total. The number of carbonyl (C=O) groups is 2. The molecule has 1 aliphatic carbocycles. The van der Waals surface area contributed by atoms with Crippen LogP contribution in [0.15, 0.2) is 36.5 Å². The fourth-order valence-corrected chi connectivity index (χ4v) is 5.45. The maximum atomic E-state index is 14.0. The molecule has 42 heavy (non-hydrogen) atoms. The van der Waals surface area contributed by atoms with Crippen molar-refractivity contribution in [2.75, 3.05) is 19.5 Å². The third-order valence-corrected chi connectivity index (χ3v) is 7.68. The van der Waals surface area contributed by atoms with Crippen LogP contribution in [0.3, 0.4) is 0 Å². The number of carbonyl (C=O) groups excluding carboxylic acids is 2. The Morgan fingerprint density at radius 1 is 0.929 bits per heavy atom. The number of ketones is 2. The molecular weight excluding hydrogens is 548 g/mol. The van der Waals surface area contributed by atoms with Gasteiger partial charge in [-0.3, -0.25) is 9.59 Å². The second-order valence-corrected chi connectivity index (χ2v) is 10.3. The van der Waals surface area contributed by atoms with Gasteiger partial charge in [-0.25, -0.2) is 4.98 Å². The maximum absolute atomic E-state index is 14.0. The molecular formula is C30H32N2O10. The summed E-state index contributed by atoms with van der Waals surface area (Å²) in [4.78, 5) is 32.1. The molecule has 1 aromatic heterocycles. The van der Waals surface area contributed by atoms with Gasteiger partial charge in [-0.2, -0.15) is 0 Å². The Hall–Kier alpha value is -4.07. The van der Waals surface area contributed by atoms with Crippen LogP contribution in [0.25, 0.3) is 0 Å². The highest BCUT2D eigenvalue weighted by Crippen LogP contribution is 2.43. The number of phenolic OH excluding ortho intramolecular Hbond substituents is 1. The number of phenols is 1. The van der Waals surface area contributed by atoms with Crippen molar-refractivity contribution in [2.45, 2.75) is 56.9 Å². The predicted molar refractivity (Wildman–Crippen MR) is 148 cm³/mol. The second-order valence-electron chi connectivity index (χ2n) is 10.3. The minimum absolute atomic E-state index is 0.0215. The Bertz CT molecular complexity index is 1520. The van der Waals surface area contributed by atoms with E-state index in [-0.39, 0.29) is 39.5 Å². The van der Waals surface area contributed by atoms with Crippen LogP contribution in [0.2, 0.25) is 0 Å². The van der Waals surface area contributed by atoms with Crippen LogP contribution in [0.1, 0.15) is 55.5 Å². The number of aliphatic hydroxyl groups is 4. The van der Waals surface area contributed by atoms with Gasteiger partial charge in [0, 0.05) is 29.0 Å². The fourth-order valence-electron chi connectivity index (χ4n) is 5.45. The SMILES string of the molecule is CCc1c(OC)cc(OC2OC(CO)C(O)C(O)C2O)c2c1C(=O)c1cc(CCc3ccc(N)nc3)cc(O)c1C2=O. The van der Waals surface area contributed by atoms with E-state index in [4.69, 9.17) is 19.9 Å². The zero-order valence-electron chi connectivity index (χ0n) is 23.0. The predicted octanol–water partition coefficient (Wildman–Crippen LogP) is 0.680. The molecule has 5 rings (SSSR count). The van der Waals surface area contributed by atoms with Crippen molar-refractivity contribution < 1.29 is 49.3 Å². The summed E-state index contributed by atoms with van der Waals surface area (Å²) in [6, 6.07) is 7.90. The van der Waals surface area contributed by atoms with Crippen molar-refractivity contribution in [1.82, 2.24) is 4.98 Å². The van der Waals surface area contributed by atoms with E-state index in [9.17, 15) is 35.1 Å². The number of hydrogen-bond donors (Lipinski definition) is 6. The molecule has 1 aliphatic heterocycles. The molecule has 3 aromatic rings. The first-order chi connectivity index (χ1) is 20.1. The molecule has 0 bridgehead atoms. The second kappa shape index (κ2) is 11.7. The highest BCUT2D eigenvalue weighted by molar-refractivity contribution is 6.31. The van der Waals surface area contributed by atoms with E-state index in [2.05, 4.69) is 4.98 Å². The molecule has 2 aliphatic rings. The number of pyridine rings is 1. The minimum Gasteiger partial charge on any atom is -0.507 e. The largest absolute Gasteiger partial charge is 0.507 e. The van der Waals surface area contributed by atoms with E-state index in [0.29, 0.717) is 36.2 Å². The van der Waals surface area contributed by atoms with Crippen LogP contribution >= 0.6 is 0 Å². The number of fused-ring (bicyclic) bond motifs is 2. The Morgan fingerprint density at radius 2 is 1.67 bits per heavy atom. The summed E-state index contributed by atoms with van der Waals surface area (Å²) in [5.74, 6) is -1.17. The molecule has 5 unspecified atom stereocenters. The van der Waals surface area contributed by atoms with Gasteiger partial charge in [0.15, 0.2) is 5.78 Å². The van der Waals surface area contributed by atoms with Gasteiger partial charge in [-0.15, -0.1) is 0 Å². The van der Waals surface area contributed by atoms with Gasteiger partial charge in [-0.1, -0.05) is 13.0 Å². The number of nitrogens with zero attached hydrogens (tertiary/aromatic N) is 1. The van der Waals surface area contributed by atoms with Gasteiger partial charge in [0.05, 0.1) is 24.8 Å². The summed E-state index contributed by atoms with van der Waals surface area (Å²) in [7, 11) is 1.39. The molecule has 2 aromatic carbocycles. The molecule has 222 valence electrons. The number of hydrogen-bond acceptors (Lipinski definition) is 12. The number of nitrogen functional groups attached to an aromatic ring is 1. The number of aromatic hydroxyl groups is 1. The normalized spacial score (nSPS) is 23.3. The molecule has 1 saturated heterocycles. The number of aryl methyl sites for hydroxylation is 2. The van der Waals surface area contributed by atoms with E-state index in [0.717, 1.165) is 5.56 Å². The van der Waals surface area contributed by atoms with Crippen molar-refractivity contribution in [3.63, 3.8) is 0 Å². The van der Waals surface area contributed by atoms with Crippen LogP contribution < -0.4 is 15.2 Å². The van der Waals surface area contributed by atoms with Gasteiger partial charge in [0.1, 0.15) is 47.5 Å². The first-order valence-electron chi connectivity index (χ1n) is 13.5. The molecule has 2 heterocycles. The monoisotopic (exact) mass is 580 g/mol. The molecule has 1 fully saturated rings. The molecule has 12 nitrogen and oxygen atoms in total. The number of aromatic nitrogens is 1. The summed E-state index contributed by atoms with van der Waals surface area (Å²) >= 11 is 0. The highest BCUT2D eigenvalue weighted by Gasteiger charge is 2.46. The smallest absolute Gasteiger partial charge is 0.229 e. The lowest BCUT2D eigenvalue weighted by Crippen LogP contribution is -2.60. The van der Waals surface area contributed by atoms with Crippen LogP contribution in [-0.2, 0) is 24.0 Å². The van der Waals surface area contributed by atoms with Crippen LogP contribution in [0.4, 0.5) is 5.82 Å². The van der Waals surface area contributed by atoms with Crippen LogP contribution in [-0.4, -0.2) is 86.5 Å². The summed E-state index contributed by atoms with van der Waals surface area (Å²) < 4.78 is 16.8. The van der Waals surface area contributed by atoms with E-state index >= 15 is 0 Å². The van der Waals surface area contributed by atoms with Crippen molar-refractivity contribution in [2.24, 2.45) is 0 Å². The Kier molecular flexibility index (Phi) is 8.17. The quantitative estimate of drug-likeness (QED) is 0.170.